The summed E-state index contributed by atoms with van der Waals surface area (Å²) in [7, 11) is 1.54. The normalized spacial score (nSPS) is 11.2. The van der Waals surface area contributed by atoms with E-state index in [1.807, 2.05) is 0 Å². The molecule has 0 unspecified atom stereocenters. The molecule has 0 saturated carbocycles. The maximum atomic E-state index is 12.5. The minimum absolute atomic E-state index is 0.236. The molecule has 130 valence electrons. The second-order valence-corrected chi connectivity index (χ2v) is 6.70. The van der Waals surface area contributed by atoms with Gasteiger partial charge in [0.15, 0.2) is 5.16 Å². The monoisotopic (exact) mass is 385 g/mol. The third-order valence-electron chi connectivity index (χ3n) is 3.22. The molecule has 1 aromatic carbocycles. The van der Waals surface area contributed by atoms with Gasteiger partial charge in [0.25, 0.3) is 5.56 Å². The van der Waals surface area contributed by atoms with Crippen LogP contribution in [0.3, 0.4) is 0 Å². The smallest absolute Gasteiger partial charge is 0.387 e. The molecule has 0 N–H and O–H groups in total. The van der Waals surface area contributed by atoms with Gasteiger partial charge in [-0.3, -0.25) is 19.5 Å². The van der Waals surface area contributed by atoms with Crippen molar-refractivity contribution in [3.63, 3.8) is 0 Å². The lowest BCUT2D eigenvalue weighted by Gasteiger charge is -2.09. The van der Waals surface area contributed by atoms with Crippen molar-refractivity contribution in [3.8, 4) is 5.75 Å². The Balaban J connectivity index is 2.02. The number of fused-ring (bicyclic) bond motifs is 1. The fraction of sp³-hybridized carbons (Fsp3) is 0.143. The van der Waals surface area contributed by atoms with Crippen molar-refractivity contribution in [2.75, 3.05) is 0 Å². The molecule has 3 rings (SSSR count). The van der Waals surface area contributed by atoms with Gasteiger partial charge in [0.2, 0.25) is 5.75 Å². The Morgan fingerprint density at radius 1 is 1.40 bits per heavy atom. The number of benzene rings is 1. The lowest BCUT2D eigenvalue weighted by molar-refractivity contribution is -0.386. The van der Waals surface area contributed by atoms with Gasteiger partial charge in [-0.25, -0.2) is 4.98 Å². The second kappa shape index (κ2) is 6.76. The molecule has 0 amide bonds. The number of alkyl halides is 2. The molecule has 0 fully saturated rings. The third kappa shape index (κ3) is 3.46. The lowest BCUT2D eigenvalue weighted by Crippen LogP contribution is -2.19. The largest absolute Gasteiger partial charge is 0.427 e. The van der Waals surface area contributed by atoms with E-state index in [0.29, 0.717) is 20.3 Å². The Morgan fingerprint density at radius 3 is 2.84 bits per heavy atom. The maximum Gasteiger partial charge on any atom is 0.387 e. The molecular formula is C14H9F2N3O4S2. The van der Waals surface area contributed by atoms with E-state index in [4.69, 9.17) is 0 Å². The first-order valence-electron chi connectivity index (χ1n) is 6.72. The van der Waals surface area contributed by atoms with Crippen LogP contribution in [0.15, 0.2) is 44.5 Å². The summed E-state index contributed by atoms with van der Waals surface area (Å²) in [6.45, 7) is -3.19. The van der Waals surface area contributed by atoms with E-state index in [2.05, 4.69) is 9.72 Å². The van der Waals surface area contributed by atoms with E-state index in [-0.39, 0.29) is 5.56 Å². The molecule has 2 aromatic heterocycles. The van der Waals surface area contributed by atoms with E-state index in [0.717, 1.165) is 23.9 Å². The van der Waals surface area contributed by atoms with Gasteiger partial charge < -0.3 is 4.74 Å². The van der Waals surface area contributed by atoms with Gasteiger partial charge >= 0.3 is 12.3 Å². The van der Waals surface area contributed by atoms with E-state index in [9.17, 15) is 23.7 Å². The zero-order valence-electron chi connectivity index (χ0n) is 12.5. The van der Waals surface area contributed by atoms with Crippen LogP contribution in [0.25, 0.3) is 10.2 Å². The van der Waals surface area contributed by atoms with Gasteiger partial charge in [0.1, 0.15) is 4.83 Å². The first-order valence-corrected chi connectivity index (χ1v) is 8.42. The van der Waals surface area contributed by atoms with Crippen molar-refractivity contribution < 1.29 is 18.4 Å². The van der Waals surface area contributed by atoms with Crippen molar-refractivity contribution in [2.24, 2.45) is 7.05 Å². The zero-order valence-corrected chi connectivity index (χ0v) is 14.1. The van der Waals surface area contributed by atoms with Gasteiger partial charge in [0.05, 0.1) is 10.3 Å². The topological polar surface area (TPSA) is 87.3 Å². The van der Waals surface area contributed by atoms with Crippen molar-refractivity contribution >= 4 is 39.0 Å². The summed E-state index contributed by atoms with van der Waals surface area (Å²) in [5, 5.41) is 13.5. The first-order chi connectivity index (χ1) is 11.9. The minimum atomic E-state index is -3.19. The van der Waals surface area contributed by atoms with Crippen LogP contribution in [0.2, 0.25) is 0 Å². The lowest BCUT2D eigenvalue weighted by atomic mass is 10.3. The molecule has 0 bridgehead atoms. The van der Waals surface area contributed by atoms with Crippen molar-refractivity contribution in [2.45, 2.75) is 16.7 Å². The van der Waals surface area contributed by atoms with Crippen molar-refractivity contribution in [1.29, 1.82) is 0 Å². The number of aromatic nitrogens is 2. The van der Waals surface area contributed by atoms with E-state index >= 15 is 0 Å². The number of ether oxygens (including phenoxy) is 1. The fourth-order valence-electron chi connectivity index (χ4n) is 2.08. The van der Waals surface area contributed by atoms with Crippen LogP contribution in [0.1, 0.15) is 0 Å². The van der Waals surface area contributed by atoms with Gasteiger partial charge in [-0.1, -0.05) is 11.8 Å². The van der Waals surface area contributed by atoms with Crippen LogP contribution in [0.4, 0.5) is 14.5 Å². The van der Waals surface area contributed by atoms with Crippen LogP contribution in [0, 0.1) is 10.1 Å². The summed E-state index contributed by atoms with van der Waals surface area (Å²) in [5.74, 6) is -0.549. The van der Waals surface area contributed by atoms with E-state index in [1.54, 1.807) is 11.4 Å². The Morgan fingerprint density at radius 2 is 2.16 bits per heavy atom. The predicted octanol–water partition coefficient (Wildman–Crippen LogP) is 3.66. The van der Waals surface area contributed by atoms with Gasteiger partial charge in [0, 0.05) is 24.1 Å². The van der Waals surface area contributed by atoms with Crippen molar-refractivity contribution in [1.82, 2.24) is 9.55 Å². The average Bonchev–Trinajstić information content (AvgIpc) is 3.00. The quantitative estimate of drug-likeness (QED) is 0.378. The molecule has 0 aliphatic heterocycles. The number of nitro groups is 1. The molecule has 0 spiro atoms. The number of rotatable bonds is 5. The highest BCUT2D eigenvalue weighted by Gasteiger charge is 2.20. The standard InChI is InChI=1S/C14H9F2N3O4S2/c1-18-12(20)8-4-5-24-11(8)17-14(18)25-7-2-3-9(19(21)22)10(6-7)23-13(15)16/h2-6,13H,1H3. The number of hydrogen-bond donors (Lipinski definition) is 0. The zero-order chi connectivity index (χ0) is 18.1. The number of thiophene rings is 1. The molecule has 0 saturated heterocycles. The van der Waals surface area contributed by atoms with E-state index in [1.165, 1.54) is 29.0 Å². The summed E-state index contributed by atoms with van der Waals surface area (Å²) in [5.41, 5.74) is -0.806. The SMILES string of the molecule is Cn1c(Sc2ccc([N+](=O)[O-])c(OC(F)F)c2)nc2sccc2c1=O. The summed E-state index contributed by atoms with van der Waals surface area (Å²) in [6, 6.07) is 5.25. The van der Waals surface area contributed by atoms with Crippen LogP contribution in [-0.4, -0.2) is 21.1 Å². The van der Waals surface area contributed by atoms with E-state index < -0.39 is 23.0 Å². The second-order valence-electron chi connectivity index (χ2n) is 4.77. The summed E-state index contributed by atoms with van der Waals surface area (Å²) >= 11 is 2.32. The number of nitrogens with zero attached hydrogens (tertiary/aromatic N) is 3. The molecule has 25 heavy (non-hydrogen) atoms. The number of nitro benzene ring substituents is 1. The molecule has 0 aliphatic carbocycles. The van der Waals surface area contributed by atoms with Gasteiger partial charge in [-0.2, -0.15) is 8.78 Å². The third-order valence-corrected chi connectivity index (χ3v) is 5.06. The Labute approximate surface area is 147 Å². The minimum Gasteiger partial charge on any atom is -0.427 e. The highest BCUT2D eigenvalue weighted by atomic mass is 32.2. The Bertz CT molecular complexity index is 1020. The average molecular weight is 385 g/mol. The van der Waals surface area contributed by atoms with Crippen LogP contribution in [-0.2, 0) is 7.05 Å². The van der Waals surface area contributed by atoms with Crippen molar-refractivity contribution in [3.05, 3.63) is 50.1 Å². The predicted molar refractivity (Wildman–Crippen MR) is 88.7 cm³/mol. The highest BCUT2D eigenvalue weighted by Crippen LogP contribution is 2.35. The van der Waals surface area contributed by atoms with Crippen LogP contribution < -0.4 is 10.3 Å². The molecule has 11 heteroatoms. The number of halogens is 2. The summed E-state index contributed by atoms with van der Waals surface area (Å²) in [4.78, 5) is 27.6. The summed E-state index contributed by atoms with van der Waals surface area (Å²) in [6.07, 6.45) is 0. The van der Waals surface area contributed by atoms with Gasteiger partial charge in [-0.15, -0.1) is 11.3 Å². The molecule has 0 aliphatic rings. The molecule has 2 heterocycles. The molecule has 3 aromatic rings. The fourth-order valence-corrected chi connectivity index (χ4v) is 3.76. The van der Waals surface area contributed by atoms with Crippen LogP contribution >= 0.6 is 23.1 Å². The van der Waals surface area contributed by atoms with Crippen LogP contribution in [0.5, 0.6) is 5.75 Å². The maximum absolute atomic E-state index is 12.5. The molecule has 0 atom stereocenters. The Hall–Kier alpha value is -2.53. The molecular weight excluding hydrogens is 376 g/mol. The van der Waals surface area contributed by atoms with Gasteiger partial charge in [-0.05, 0) is 17.5 Å². The highest BCUT2D eigenvalue weighted by molar-refractivity contribution is 7.99. The molecule has 0 radical (unpaired) electrons. The number of hydrogen-bond acceptors (Lipinski definition) is 7. The Kier molecular flexibility index (Phi) is 4.68. The molecule has 7 nitrogen and oxygen atoms in total. The summed E-state index contributed by atoms with van der Waals surface area (Å²) < 4.78 is 30.5. The first kappa shape index (κ1) is 17.3.